The van der Waals surface area contributed by atoms with Crippen LogP contribution in [0.5, 0.6) is 23.0 Å². The predicted octanol–water partition coefficient (Wildman–Crippen LogP) is 6.30. The number of phenolic OH excluding ortho intramolecular Hbond substituents is 1. The molecule has 0 aromatic heterocycles. The van der Waals surface area contributed by atoms with Gasteiger partial charge in [-0.2, -0.15) is 0 Å². The Labute approximate surface area is 396 Å². The smallest absolute Gasteiger partial charge is 0.332 e. The third-order valence-electron chi connectivity index (χ3n) is 11.0. The fraction of sp³-hybridized carbons (Fsp3) is 0.489. The molecule has 3 aliphatic heterocycles. The third-order valence-corrected chi connectivity index (χ3v) is 11.2. The van der Waals surface area contributed by atoms with Crippen molar-refractivity contribution in [3.63, 3.8) is 0 Å². The summed E-state index contributed by atoms with van der Waals surface area (Å²) in [4.78, 5) is 79.3. The van der Waals surface area contributed by atoms with Crippen LogP contribution in [0.2, 0.25) is 5.02 Å². The second kappa shape index (κ2) is 25.8. The Morgan fingerprint density at radius 2 is 1.62 bits per heavy atom. The number of cyclic esters (lactones) is 2. The van der Waals surface area contributed by atoms with Gasteiger partial charge >= 0.3 is 17.9 Å². The minimum atomic E-state index is -1.42. The van der Waals surface area contributed by atoms with Crippen molar-refractivity contribution < 1.29 is 62.3 Å². The first-order chi connectivity index (χ1) is 31.2. The van der Waals surface area contributed by atoms with Gasteiger partial charge in [-0.3, -0.25) is 28.9 Å². The molecule has 0 radical (unpaired) electrons. The van der Waals surface area contributed by atoms with Crippen LogP contribution in [0.15, 0.2) is 60.7 Å². The standard InChI is InChI=1S/C27H38N2O9.C20H21ClN2O4.ClH/c1-6-7-8-10-19-24(38-21(31)13-15(2)3)17(5)37-27(35)22(16(4)36-26(19)34)29-25(33)18-11-9-12-20(23(18)32)28-14-30;21-16-2-4-17(5-3-16)25-13-20(24)23-9-7-22(8-10-23)12-15-1-6-18-19(11-15)27-14-26-18;/h9,11-12,14-17,19,22,24,32H,6-8,10,13H2,1-5H3,(H,28,30)(H,29,33);1-6,11H,7-10,12-14H2;1H. The molecule has 0 aliphatic carbocycles. The molecule has 66 heavy (non-hydrogen) atoms. The maximum absolute atomic E-state index is 13.3. The Hall–Kier alpha value is -5.78. The molecule has 5 atom stereocenters. The van der Waals surface area contributed by atoms with Gasteiger partial charge in [-0.15, -0.1) is 12.4 Å². The number of carbonyl (C=O) groups is 6. The molecule has 2 saturated heterocycles. The van der Waals surface area contributed by atoms with E-state index in [9.17, 15) is 33.9 Å². The number of hydrogen-bond donors (Lipinski definition) is 3. The van der Waals surface area contributed by atoms with Gasteiger partial charge in [0.15, 0.2) is 36.0 Å². The maximum atomic E-state index is 13.3. The number of fused-ring (bicyclic) bond motifs is 1. The number of esters is 3. The summed E-state index contributed by atoms with van der Waals surface area (Å²) in [6, 6.07) is 15.8. The molecule has 3 heterocycles. The number of rotatable bonds is 16. The zero-order valence-electron chi connectivity index (χ0n) is 37.8. The van der Waals surface area contributed by atoms with Gasteiger partial charge in [0.1, 0.15) is 18.0 Å². The lowest BCUT2D eigenvalue weighted by Gasteiger charge is -2.34. The van der Waals surface area contributed by atoms with E-state index in [1.165, 1.54) is 37.6 Å². The van der Waals surface area contributed by atoms with Gasteiger partial charge in [0.2, 0.25) is 13.2 Å². The van der Waals surface area contributed by atoms with Crippen molar-refractivity contribution in [2.75, 3.05) is 44.9 Å². The van der Waals surface area contributed by atoms with Crippen LogP contribution in [0.4, 0.5) is 5.69 Å². The van der Waals surface area contributed by atoms with Gasteiger partial charge in [-0.1, -0.05) is 63.8 Å². The van der Waals surface area contributed by atoms with Crippen LogP contribution in [-0.4, -0.2) is 115 Å². The zero-order valence-corrected chi connectivity index (χ0v) is 39.4. The van der Waals surface area contributed by atoms with Gasteiger partial charge in [0, 0.05) is 44.2 Å². The first-order valence-corrected chi connectivity index (χ1v) is 22.3. The number of unbranched alkanes of at least 4 members (excludes halogenated alkanes) is 2. The van der Waals surface area contributed by atoms with Gasteiger partial charge < -0.3 is 49.1 Å². The molecule has 6 rings (SSSR count). The number of nitrogens with zero attached hydrogens (tertiary/aromatic N) is 2. The van der Waals surface area contributed by atoms with E-state index in [1.54, 1.807) is 24.3 Å². The van der Waals surface area contributed by atoms with E-state index in [2.05, 4.69) is 21.6 Å². The lowest BCUT2D eigenvalue weighted by Crippen LogP contribution is -2.50. The molecule has 5 unspecified atom stereocenters. The van der Waals surface area contributed by atoms with Crippen molar-refractivity contribution >= 4 is 65.8 Å². The van der Waals surface area contributed by atoms with E-state index in [0.29, 0.717) is 43.1 Å². The van der Waals surface area contributed by atoms with E-state index in [-0.39, 0.29) is 55.3 Å². The number of nitrogens with one attached hydrogen (secondary N) is 2. The Kier molecular flexibility index (Phi) is 20.6. The quantitative estimate of drug-likeness (QED) is 0.0473. The largest absolute Gasteiger partial charge is 0.505 e. The normalized spacial score (nSPS) is 20.4. The van der Waals surface area contributed by atoms with Crippen LogP contribution in [0.3, 0.4) is 0 Å². The average molecular weight is 960 g/mol. The number of hydrogen-bond acceptors (Lipinski definition) is 14. The van der Waals surface area contributed by atoms with E-state index >= 15 is 0 Å². The maximum Gasteiger partial charge on any atom is 0.332 e. The molecule has 19 heteroatoms. The Balaban J connectivity index is 0.000000298. The van der Waals surface area contributed by atoms with E-state index in [4.69, 9.17) is 40.0 Å². The number of carbonyl (C=O) groups excluding carboxylic acids is 6. The van der Waals surface area contributed by atoms with E-state index in [0.717, 1.165) is 44.0 Å². The predicted molar refractivity (Wildman–Crippen MR) is 246 cm³/mol. The van der Waals surface area contributed by atoms with Crippen molar-refractivity contribution in [1.29, 1.82) is 0 Å². The molecule has 2 fully saturated rings. The van der Waals surface area contributed by atoms with E-state index in [1.807, 2.05) is 37.8 Å². The monoisotopic (exact) mass is 958 g/mol. The summed E-state index contributed by atoms with van der Waals surface area (Å²) in [5.74, 6) is -2.01. The number of anilines is 1. The number of benzene rings is 3. The summed E-state index contributed by atoms with van der Waals surface area (Å²) in [5, 5.41) is 15.7. The lowest BCUT2D eigenvalue weighted by molar-refractivity contribution is -0.175. The number of amides is 3. The summed E-state index contributed by atoms with van der Waals surface area (Å²) < 4.78 is 33.2. The molecule has 3 aromatic rings. The number of para-hydroxylation sites is 1. The average Bonchev–Trinajstić information content (AvgIpc) is 3.75. The molecule has 0 saturated carbocycles. The molecule has 17 nitrogen and oxygen atoms in total. The molecular formula is C47H60Cl2N4O13. The molecule has 3 aromatic carbocycles. The number of ether oxygens (including phenoxy) is 6. The van der Waals surface area contributed by atoms with Crippen LogP contribution in [0.25, 0.3) is 0 Å². The number of phenols is 1. The minimum absolute atomic E-state index is 0. The number of aromatic hydroxyl groups is 1. The van der Waals surface area contributed by atoms with Gasteiger partial charge in [0.25, 0.3) is 11.8 Å². The van der Waals surface area contributed by atoms with Crippen molar-refractivity contribution in [2.45, 2.75) is 97.6 Å². The summed E-state index contributed by atoms with van der Waals surface area (Å²) in [5.41, 5.74) is 0.970. The van der Waals surface area contributed by atoms with Gasteiger partial charge in [-0.05, 0) is 80.3 Å². The third kappa shape index (κ3) is 15.1. The molecule has 3 N–H and O–H groups in total. The first-order valence-electron chi connectivity index (χ1n) is 21.9. The van der Waals surface area contributed by atoms with Crippen molar-refractivity contribution in [1.82, 2.24) is 15.1 Å². The summed E-state index contributed by atoms with van der Waals surface area (Å²) in [6.45, 7) is 12.9. The summed E-state index contributed by atoms with van der Waals surface area (Å²) in [7, 11) is 0. The fourth-order valence-electron chi connectivity index (χ4n) is 7.44. The van der Waals surface area contributed by atoms with Crippen molar-refractivity contribution in [3.8, 4) is 23.0 Å². The Morgan fingerprint density at radius 1 is 0.924 bits per heavy atom. The van der Waals surface area contributed by atoms with Crippen LogP contribution >= 0.6 is 24.0 Å². The SMILES string of the molecule is CCCCCC1C(=O)OC(C)C(NC(=O)c2cccc(NC=O)c2O)C(=O)OC(C)C1OC(=O)CC(C)C.Cl.O=C(COc1ccc(Cl)cc1)N1CCN(Cc2ccc3c(c2)OCO3)CC1. The van der Waals surface area contributed by atoms with Gasteiger partial charge in [0.05, 0.1) is 17.2 Å². The van der Waals surface area contributed by atoms with Crippen molar-refractivity contribution in [3.05, 3.63) is 76.8 Å². The van der Waals surface area contributed by atoms with Crippen molar-refractivity contribution in [2.24, 2.45) is 11.8 Å². The van der Waals surface area contributed by atoms with Crippen LogP contribution in [-0.2, 0) is 44.7 Å². The second-order valence-corrected chi connectivity index (χ2v) is 16.9. The Morgan fingerprint density at radius 3 is 2.30 bits per heavy atom. The zero-order chi connectivity index (χ0) is 47.0. The highest BCUT2D eigenvalue weighted by atomic mass is 35.5. The van der Waals surface area contributed by atoms with Crippen LogP contribution < -0.4 is 24.8 Å². The number of halogens is 2. The minimum Gasteiger partial charge on any atom is -0.505 e. The summed E-state index contributed by atoms with van der Waals surface area (Å²) in [6.07, 6.45) is 0.0639. The first kappa shape index (κ1) is 52.8. The highest BCUT2D eigenvalue weighted by Gasteiger charge is 2.44. The molecule has 3 aliphatic rings. The highest BCUT2D eigenvalue weighted by Crippen LogP contribution is 2.33. The summed E-state index contributed by atoms with van der Waals surface area (Å²) >= 11 is 5.85. The van der Waals surface area contributed by atoms with E-state index < -0.39 is 59.8 Å². The molecule has 0 bridgehead atoms. The van der Waals surface area contributed by atoms with Gasteiger partial charge in [-0.25, -0.2) is 4.79 Å². The van der Waals surface area contributed by atoms with Crippen LogP contribution in [0, 0.1) is 11.8 Å². The Bertz CT molecular complexity index is 2120. The topological polar surface area (TPSA) is 209 Å². The highest BCUT2D eigenvalue weighted by molar-refractivity contribution is 6.30. The molecule has 0 spiro atoms. The molecule has 3 amide bonds. The molecule has 360 valence electrons. The lowest BCUT2D eigenvalue weighted by atomic mass is 9.92. The van der Waals surface area contributed by atoms with Crippen LogP contribution in [0.1, 0.15) is 82.6 Å². The second-order valence-electron chi connectivity index (χ2n) is 16.4. The fourth-order valence-corrected chi connectivity index (χ4v) is 7.57. The number of piperazine rings is 1. The molecular weight excluding hydrogens is 899 g/mol.